The van der Waals surface area contributed by atoms with Gasteiger partial charge in [0.25, 0.3) is 0 Å². The topological polar surface area (TPSA) is 85.9 Å². The zero-order chi connectivity index (χ0) is 19.6. The van der Waals surface area contributed by atoms with Gasteiger partial charge in [0.05, 0.1) is 23.4 Å². The van der Waals surface area contributed by atoms with Crippen LogP contribution < -0.4 is 20.1 Å². The fourth-order valence-corrected chi connectivity index (χ4v) is 3.30. The van der Waals surface area contributed by atoms with Gasteiger partial charge < -0.3 is 24.8 Å². The Balaban J connectivity index is 1.48. The summed E-state index contributed by atoms with van der Waals surface area (Å²) in [7, 11) is 0. The van der Waals surface area contributed by atoms with E-state index in [9.17, 15) is 9.59 Å². The number of anilines is 1. The fourth-order valence-electron chi connectivity index (χ4n) is 3.30. The van der Waals surface area contributed by atoms with Gasteiger partial charge >= 0.3 is 12.0 Å². The number of nitrogens with one attached hydrogen (secondary N) is 2. The first kappa shape index (κ1) is 18.2. The molecule has 2 N–H and O–H groups in total. The molecule has 1 saturated carbocycles. The van der Waals surface area contributed by atoms with Gasteiger partial charge in [-0.05, 0) is 49.6 Å². The third-order valence-electron chi connectivity index (χ3n) is 4.87. The molecule has 28 heavy (non-hydrogen) atoms. The molecule has 7 heteroatoms. The molecular weight excluding hydrogens is 360 g/mol. The van der Waals surface area contributed by atoms with Crippen LogP contribution in [0, 0.1) is 0 Å². The number of benzene rings is 2. The number of para-hydroxylation sites is 1. The fraction of sp³-hybridized carbons (Fsp3) is 0.333. The van der Waals surface area contributed by atoms with Crippen LogP contribution in [0.15, 0.2) is 42.5 Å². The Morgan fingerprint density at radius 3 is 2.57 bits per heavy atom. The van der Waals surface area contributed by atoms with Crippen molar-refractivity contribution in [2.24, 2.45) is 0 Å². The van der Waals surface area contributed by atoms with Gasteiger partial charge in [0, 0.05) is 0 Å². The van der Waals surface area contributed by atoms with Gasteiger partial charge in [-0.25, -0.2) is 9.59 Å². The second kappa shape index (κ2) is 7.42. The van der Waals surface area contributed by atoms with Crippen LogP contribution in [0.5, 0.6) is 11.5 Å². The molecule has 0 saturated heterocycles. The molecule has 2 aromatic rings. The largest absolute Gasteiger partial charge is 0.486 e. The second-order valence-electron chi connectivity index (χ2n) is 6.79. The monoisotopic (exact) mass is 382 g/mol. The minimum absolute atomic E-state index is 0.270. The summed E-state index contributed by atoms with van der Waals surface area (Å²) in [5.74, 6) is 0.954. The van der Waals surface area contributed by atoms with Crippen molar-refractivity contribution >= 4 is 17.7 Å². The highest BCUT2D eigenvalue weighted by Crippen LogP contribution is 2.47. The first-order chi connectivity index (χ1) is 13.6. The summed E-state index contributed by atoms with van der Waals surface area (Å²) in [5, 5.41) is 5.81. The first-order valence-corrected chi connectivity index (χ1v) is 9.37. The third-order valence-corrected chi connectivity index (χ3v) is 4.87. The van der Waals surface area contributed by atoms with Crippen molar-refractivity contribution in [2.75, 3.05) is 25.1 Å². The second-order valence-corrected chi connectivity index (χ2v) is 6.79. The van der Waals surface area contributed by atoms with Crippen LogP contribution >= 0.6 is 0 Å². The van der Waals surface area contributed by atoms with E-state index in [2.05, 4.69) is 10.6 Å². The maximum absolute atomic E-state index is 12.6. The number of fused-ring (bicyclic) bond motifs is 1. The highest BCUT2D eigenvalue weighted by Gasteiger charge is 2.46. The lowest BCUT2D eigenvalue weighted by atomic mass is 10.0. The summed E-state index contributed by atoms with van der Waals surface area (Å²) in [4.78, 5) is 24.7. The minimum atomic E-state index is -0.466. The molecule has 0 unspecified atom stereocenters. The smallest absolute Gasteiger partial charge is 0.340 e. The van der Waals surface area contributed by atoms with E-state index in [4.69, 9.17) is 14.2 Å². The number of rotatable bonds is 5. The van der Waals surface area contributed by atoms with Gasteiger partial charge in [-0.15, -0.1) is 0 Å². The average Bonchev–Trinajstić information content (AvgIpc) is 3.48. The summed E-state index contributed by atoms with van der Waals surface area (Å²) < 4.78 is 16.3. The lowest BCUT2D eigenvalue weighted by Crippen LogP contribution is -2.38. The Hall–Kier alpha value is -3.22. The lowest BCUT2D eigenvalue weighted by Gasteiger charge is -2.23. The molecule has 4 rings (SSSR count). The van der Waals surface area contributed by atoms with Gasteiger partial charge in [-0.2, -0.15) is 0 Å². The van der Waals surface area contributed by atoms with E-state index >= 15 is 0 Å². The van der Waals surface area contributed by atoms with Crippen LogP contribution in [0.2, 0.25) is 0 Å². The predicted octanol–water partition coefficient (Wildman–Crippen LogP) is 3.45. The molecule has 0 aromatic heterocycles. The molecule has 146 valence electrons. The molecule has 2 aliphatic rings. The van der Waals surface area contributed by atoms with Crippen LogP contribution in [0.3, 0.4) is 0 Å². The molecule has 0 atom stereocenters. The van der Waals surface area contributed by atoms with Gasteiger partial charge in [0.15, 0.2) is 11.5 Å². The molecule has 0 spiro atoms. The summed E-state index contributed by atoms with van der Waals surface area (Å²) in [6.45, 7) is 3.07. The van der Waals surface area contributed by atoms with Crippen LogP contribution in [0.1, 0.15) is 35.7 Å². The third kappa shape index (κ3) is 3.60. The van der Waals surface area contributed by atoms with Gasteiger partial charge in [0.1, 0.15) is 13.2 Å². The Labute approximate surface area is 163 Å². The van der Waals surface area contributed by atoms with Crippen LogP contribution in [0.25, 0.3) is 0 Å². The van der Waals surface area contributed by atoms with Crippen molar-refractivity contribution in [3.63, 3.8) is 0 Å². The van der Waals surface area contributed by atoms with E-state index in [1.54, 1.807) is 31.2 Å². The first-order valence-electron chi connectivity index (χ1n) is 9.37. The number of urea groups is 1. The average molecular weight is 382 g/mol. The summed E-state index contributed by atoms with van der Waals surface area (Å²) in [6, 6.07) is 12.2. The Morgan fingerprint density at radius 1 is 1.07 bits per heavy atom. The van der Waals surface area contributed by atoms with Crippen LogP contribution in [0.4, 0.5) is 10.5 Å². The molecule has 2 aromatic carbocycles. The number of amides is 2. The SMILES string of the molecule is CCOC(=O)c1ccccc1NC(=O)NC1(c2ccc3c(c2)OCCO3)CC1. The maximum Gasteiger partial charge on any atom is 0.340 e. The number of ether oxygens (including phenoxy) is 3. The van der Waals surface area contributed by atoms with Crippen molar-refractivity contribution in [2.45, 2.75) is 25.3 Å². The molecule has 1 aliphatic heterocycles. The zero-order valence-corrected chi connectivity index (χ0v) is 15.6. The van der Waals surface area contributed by atoms with Gasteiger partial charge in [-0.1, -0.05) is 18.2 Å². The molecule has 7 nitrogen and oxygen atoms in total. The molecule has 1 aliphatic carbocycles. The van der Waals surface area contributed by atoms with E-state index in [0.29, 0.717) is 30.2 Å². The Kier molecular flexibility index (Phi) is 4.81. The van der Waals surface area contributed by atoms with Crippen molar-refractivity contribution < 1.29 is 23.8 Å². The highest BCUT2D eigenvalue weighted by atomic mass is 16.6. The molecule has 1 heterocycles. The Morgan fingerprint density at radius 2 is 1.82 bits per heavy atom. The number of esters is 1. The molecular formula is C21H22N2O5. The summed E-state index contributed by atoms with van der Waals surface area (Å²) in [6.07, 6.45) is 1.67. The maximum atomic E-state index is 12.6. The standard InChI is InChI=1S/C21H22N2O5/c1-2-26-19(24)15-5-3-4-6-16(15)22-20(25)23-21(9-10-21)14-7-8-17-18(13-14)28-12-11-27-17/h3-8,13H,2,9-12H2,1H3,(H2,22,23,25). The Bertz CT molecular complexity index is 907. The highest BCUT2D eigenvalue weighted by molar-refractivity contribution is 6.01. The van der Waals surface area contributed by atoms with Crippen LogP contribution in [-0.4, -0.2) is 31.8 Å². The van der Waals surface area contributed by atoms with E-state index in [-0.39, 0.29) is 12.6 Å². The number of hydrogen-bond acceptors (Lipinski definition) is 5. The predicted molar refractivity (Wildman–Crippen MR) is 103 cm³/mol. The molecule has 0 bridgehead atoms. The van der Waals surface area contributed by atoms with Crippen molar-refractivity contribution in [1.29, 1.82) is 0 Å². The van der Waals surface area contributed by atoms with E-state index in [1.165, 1.54) is 0 Å². The number of carbonyl (C=O) groups excluding carboxylic acids is 2. The van der Waals surface area contributed by atoms with Crippen molar-refractivity contribution in [1.82, 2.24) is 5.32 Å². The van der Waals surface area contributed by atoms with E-state index in [1.807, 2.05) is 18.2 Å². The number of carbonyl (C=O) groups is 2. The quantitative estimate of drug-likeness (QED) is 0.774. The normalized spacial score (nSPS) is 16.0. The molecule has 1 fully saturated rings. The molecule has 0 radical (unpaired) electrons. The van der Waals surface area contributed by atoms with Gasteiger partial charge in [-0.3, -0.25) is 0 Å². The van der Waals surface area contributed by atoms with Crippen molar-refractivity contribution in [3.05, 3.63) is 53.6 Å². The summed E-state index contributed by atoms with van der Waals surface area (Å²) >= 11 is 0. The number of hydrogen-bond donors (Lipinski definition) is 2. The van der Waals surface area contributed by atoms with Gasteiger partial charge in [0.2, 0.25) is 0 Å². The van der Waals surface area contributed by atoms with E-state index < -0.39 is 11.5 Å². The molecule has 2 amide bonds. The zero-order valence-electron chi connectivity index (χ0n) is 15.6. The minimum Gasteiger partial charge on any atom is -0.486 e. The van der Waals surface area contributed by atoms with Crippen LogP contribution in [-0.2, 0) is 10.3 Å². The van der Waals surface area contributed by atoms with Crippen molar-refractivity contribution in [3.8, 4) is 11.5 Å². The van der Waals surface area contributed by atoms with E-state index in [0.717, 1.165) is 24.2 Å². The summed E-state index contributed by atoms with van der Waals surface area (Å²) in [5.41, 5.74) is 1.28. The lowest BCUT2D eigenvalue weighted by molar-refractivity contribution is 0.0527.